The molecule has 444 valence electrons. The van der Waals surface area contributed by atoms with Gasteiger partial charge in [-0.05, 0) is 104 Å². The van der Waals surface area contributed by atoms with E-state index >= 15 is 0 Å². The summed E-state index contributed by atoms with van der Waals surface area (Å²) in [7, 11) is 2.68. The zero-order valence-electron chi connectivity index (χ0n) is 49.7. The number of rotatable bonds is 12. The number of Topliss-reactive ketones (excluding diaryl/α,β-unsaturated/α-hetero) is 2. The molecule has 0 bridgehead atoms. The monoisotopic (exact) mass is 1120 g/mol. The quantitative estimate of drug-likeness (QED) is 0.0991. The highest BCUT2D eigenvalue weighted by Gasteiger charge is 2.56. The SMILES string of the molecule is C.C.CCOc1nc(OCC)c2c(n1)[C@@]1(C)Cc3cnoc3[C@@H](C)[C@@H]1CC2.CNO.[3H]C.[C-]#[N+]C1=C[C@]2(C)c3nc(OCC)nc(OCC)c3CC[C@H]2[C@H](C)C1=O.[C-]#[N+]C1C[C@]2(C)c3nc(OCC)nc(OCC)c3CC[C@H]2[C@H](C)C1=O. The van der Waals surface area contributed by atoms with E-state index in [-0.39, 0.29) is 72.6 Å². The predicted molar refractivity (Wildman–Crippen MR) is 308 cm³/mol. The van der Waals surface area contributed by atoms with Gasteiger partial charge in [0.05, 0.1) is 69.5 Å². The topological polar surface area (TPSA) is 234 Å². The van der Waals surface area contributed by atoms with Crippen molar-refractivity contribution in [2.45, 2.75) is 185 Å². The molecule has 0 spiro atoms. The lowest BCUT2D eigenvalue weighted by Crippen LogP contribution is -2.52. The average Bonchev–Trinajstić information content (AvgIpc) is 3.98. The Kier molecular flexibility index (Phi) is 22.7. The van der Waals surface area contributed by atoms with E-state index in [1.54, 1.807) is 11.6 Å². The first kappa shape index (κ1) is 65.0. The number of ether oxygens (including phenoxy) is 6. The molecule has 0 amide bonds. The van der Waals surface area contributed by atoms with Gasteiger partial charge in [0.25, 0.3) is 6.04 Å². The van der Waals surface area contributed by atoms with E-state index in [0.717, 1.165) is 84.5 Å². The summed E-state index contributed by atoms with van der Waals surface area (Å²) in [6, 6.07) is 0.419. The molecule has 1 unspecified atom stereocenters. The van der Waals surface area contributed by atoms with Crippen LogP contribution in [0.2, 0.25) is 0 Å². The van der Waals surface area contributed by atoms with Crippen molar-refractivity contribution in [1.82, 2.24) is 40.5 Å². The van der Waals surface area contributed by atoms with Crippen LogP contribution in [0.1, 0.15) is 183 Å². The molecule has 10 rings (SSSR count). The van der Waals surface area contributed by atoms with Gasteiger partial charge in [0.1, 0.15) is 5.76 Å². The van der Waals surface area contributed by atoms with Crippen molar-refractivity contribution in [3.05, 3.63) is 85.9 Å². The summed E-state index contributed by atoms with van der Waals surface area (Å²) in [6.45, 7) is 42.1. The van der Waals surface area contributed by atoms with Crippen molar-refractivity contribution in [1.29, 1.82) is 0 Å². The molecule has 0 aliphatic heterocycles. The third-order valence-electron chi connectivity index (χ3n) is 16.9. The summed E-state index contributed by atoms with van der Waals surface area (Å²) < 4.78 is 45.3. The van der Waals surface area contributed by atoms with Gasteiger partial charge >= 0.3 is 18.0 Å². The van der Waals surface area contributed by atoms with E-state index in [1.807, 2.05) is 61.6 Å². The maximum Gasteiger partial charge on any atom is 0.319 e. The van der Waals surface area contributed by atoms with E-state index < -0.39 is 11.5 Å². The fraction of sp³-hybridized carbons (Fsp3) is 0.656. The number of hydrogen-bond acceptors (Lipinski definition) is 18. The molecular weight excluding hydrogens is 1030 g/mol. The third kappa shape index (κ3) is 12.7. The van der Waals surface area contributed by atoms with Gasteiger partial charge in [0.2, 0.25) is 29.1 Å². The van der Waals surface area contributed by atoms with Crippen LogP contribution in [0.25, 0.3) is 9.69 Å². The van der Waals surface area contributed by atoms with E-state index in [1.165, 1.54) is 20.0 Å². The Hall–Kier alpha value is -6.77. The zero-order chi connectivity index (χ0) is 58.7. The number of allylic oxidation sites excluding steroid dienone is 2. The molecule has 20 nitrogen and oxygen atoms in total. The molecule has 2 N–H and O–H groups in total. The standard InChI is InChI=1S/2C19H25N3O3.C19H23N3O3.CH5NO.3CH4/c1-5-23-17-13-7-8-14-11(3)15-12(10-20-25-15)9-19(14,4)16(13)21-18(22-17)24-6-2;2*1-6-24-17-12-8-9-13-11(3)15(23)14(20-5)10-19(13,4)16(12)21-18(22-17)25-7-2;1-2-3;;;/h10-11,14H,5-9H2,1-4H3;11,13-14H,6-10H2,1-4H3;10-11,13H,6-9H2,1-4H3;2-3H,1H3;3*1H4/t11-,14-,19-;11-,13-,14?,19-;11-,13-,19-;;;;/m000..../s1/i;;;;1T;;. The van der Waals surface area contributed by atoms with Crippen LogP contribution in [0.4, 0.5) is 0 Å². The van der Waals surface area contributed by atoms with Crippen LogP contribution in [0.5, 0.6) is 35.7 Å². The highest BCUT2D eigenvalue weighted by atomic mass is 16.5. The fourth-order valence-electron chi connectivity index (χ4n) is 13.4. The van der Waals surface area contributed by atoms with Crippen LogP contribution in [-0.2, 0) is 51.5 Å². The molecule has 6 aliphatic rings. The molecule has 10 atom stereocenters. The molecule has 0 saturated heterocycles. The van der Waals surface area contributed by atoms with E-state index in [0.29, 0.717) is 87.6 Å². The van der Waals surface area contributed by atoms with Gasteiger partial charge in [-0.15, -0.1) is 0 Å². The molecule has 6 aliphatic carbocycles. The number of ketones is 2. The van der Waals surface area contributed by atoms with Crippen molar-refractivity contribution in [2.24, 2.45) is 29.6 Å². The van der Waals surface area contributed by atoms with Crippen molar-refractivity contribution in [2.75, 3.05) is 46.7 Å². The van der Waals surface area contributed by atoms with E-state index in [2.05, 4.69) is 62.5 Å². The Labute approximate surface area is 482 Å². The Morgan fingerprint density at radius 1 is 0.654 bits per heavy atom. The first-order chi connectivity index (χ1) is 38.4. The Morgan fingerprint density at radius 2 is 1.07 bits per heavy atom. The maximum atomic E-state index is 12.5. The lowest BCUT2D eigenvalue weighted by atomic mass is 9.55. The molecule has 0 radical (unpaired) electrons. The Morgan fingerprint density at radius 3 is 1.52 bits per heavy atom. The second-order valence-electron chi connectivity index (χ2n) is 21.3. The van der Waals surface area contributed by atoms with Gasteiger partial charge in [-0.3, -0.25) is 4.79 Å². The lowest BCUT2D eigenvalue weighted by Gasteiger charge is -2.47. The average molecular weight is 1130 g/mol. The number of hydroxylamine groups is 1. The van der Waals surface area contributed by atoms with Crippen LogP contribution in [0.15, 0.2) is 22.5 Å². The van der Waals surface area contributed by atoms with Crippen molar-refractivity contribution in [3.8, 4) is 35.7 Å². The van der Waals surface area contributed by atoms with E-state index in [9.17, 15) is 9.59 Å². The number of nitrogens with one attached hydrogen (secondary N) is 1. The zero-order valence-corrected chi connectivity index (χ0v) is 48.7. The van der Waals surface area contributed by atoms with Gasteiger partial charge in [0, 0.05) is 71.1 Å². The first-order valence-corrected chi connectivity index (χ1v) is 27.7. The molecule has 0 aromatic carbocycles. The fourth-order valence-corrected chi connectivity index (χ4v) is 13.4. The number of nitrogens with zero attached hydrogens (tertiary/aromatic N) is 9. The van der Waals surface area contributed by atoms with Gasteiger partial charge in [-0.25, -0.2) is 16.9 Å². The molecule has 4 aromatic heterocycles. The minimum absolute atomic E-state index is 0. The number of carbonyl (C=O) groups excluding carboxylic acids is 2. The van der Waals surface area contributed by atoms with Crippen LogP contribution >= 0.6 is 0 Å². The molecule has 20 heteroatoms. The smallest absolute Gasteiger partial charge is 0.319 e. The molecule has 1 fully saturated rings. The van der Waals surface area contributed by atoms with Gasteiger partial charge in [-0.2, -0.15) is 29.9 Å². The number of fused-ring (bicyclic) bond motifs is 10. The minimum atomic E-state index is -0.594. The summed E-state index contributed by atoms with van der Waals surface area (Å²) in [4.78, 5) is 59.5. The number of aromatic nitrogens is 7. The molecule has 81 heavy (non-hydrogen) atoms. The van der Waals surface area contributed by atoms with Crippen LogP contribution < -0.4 is 33.9 Å². The molecule has 4 aromatic rings. The minimum Gasteiger partial charge on any atom is -0.478 e. The Bertz CT molecular complexity index is 2940. The van der Waals surface area contributed by atoms with Gasteiger partial charge < -0.3 is 47.8 Å². The van der Waals surface area contributed by atoms with Crippen molar-refractivity contribution in [3.63, 3.8) is 0 Å². The summed E-state index contributed by atoms with van der Waals surface area (Å²) in [6.07, 6.45) is 10.3. The molecule has 4 heterocycles. The van der Waals surface area contributed by atoms with Crippen molar-refractivity contribution < 1.29 is 49.1 Å². The Balaban J connectivity index is 0.000000251. The normalized spacial score (nSPS) is 26.8. The highest BCUT2D eigenvalue weighted by molar-refractivity contribution is 6.00. The van der Waals surface area contributed by atoms with Crippen LogP contribution in [0, 0.1) is 42.7 Å². The summed E-state index contributed by atoms with van der Waals surface area (Å²) >= 11 is 0. The summed E-state index contributed by atoms with van der Waals surface area (Å²) in [5, 5.41) is 11.4. The van der Waals surface area contributed by atoms with Gasteiger partial charge in [0.15, 0.2) is 5.78 Å². The summed E-state index contributed by atoms with van der Waals surface area (Å²) in [5.41, 5.74) is 8.12. The second-order valence-corrected chi connectivity index (χ2v) is 21.3. The largest absolute Gasteiger partial charge is 0.478 e. The first-order valence-electron chi connectivity index (χ1n) is 28.7. The lowest BCUT2D eigenvalue weighted by molar-refractivity contribution is -0.129. The molecule has 1 saturated carbocycles. The third-order valence-corrected chi connectivity index (χ3v) is 16.9. The molecular formula is C61H90N10O10. The highest BCUT2D eigenvalue weighted by Crippen LogP contribution is 2.56. The second kappa shape index (κ2) is 28.3. The number of carbonyl (C=O) groups is 2. The van der Waals surface area contributed by atoms with Crippen LogP contribution in [0.3, 0.4) is 0 Å². The van der Waals surface area contributed by atoms with Crippen LogP contribution in [-0.4, -0.2) is 105 Å². The predicted octanol–water partition coefficient (Wildman–Crippen LogP) is 11.1. The van der Waals surface area contributed by atoms with Gasteiger partial charge in [-0.1, -0.05) is 75.0 Å². The van der Waals surface area contributed by atoms with E-state index in [4.69, 9.17) is 62.6 Å². The van der Waals surface area contributed by atoms with Crippen molar-refractivity contribution >= 4 is 11.6 Å². The maximum absolute atomic E-state index is 12.5. The summed E-state index contributed by atoms with van der Waals surface area (Å²) in [5.74, 6) is 3.60. The number of hydrogen-bond donors (Lipinski definition) is 2.